The lowest BCUT2D eigenvalue weighted by atomic mass is 10.1. The molecule has 0 amide bonds. The van der Waals surface area contributed by atoms with Crippen LogP contribution in [-0.4, -0.2) is 22.9 Å². The molecule has 0 aliphatic heterocycles. The zero-order valence-corrected chi connectivity index (χ0v) is 12.4. The molecule has 0 aromatic heterocycles. The van der Waals surface area contributed by atoms with Crippen LogP contribution in [0.2, 0.25) is 0 Å². The third-order valence-electron chi connectivity index (χ3n) is 3.46. The second-order valence-corrected chi connectivity index (χ2v) is 6.55. The van der Waals surface area contributed by atoms with Gasteiger partial charge in [0.15, 0.2) is 0 Å². The standard InChI is InChI=1S/C16H24FNO2/c1-16(2,3)18-10-11-7-12(17)9-13(8-11)20-15-6-4-5-14(15)19/h7-9,14-15,18-19H,4-6,10H2,1-3H3. The largest absolute Gasteiger partial charge is 0.488 e. The highest BCUT2D eigenvalue weighted by Gasteiger charge is 2.27. The molecule has 2 rings (SSSR count). The van der Waals surface area contributed by atoms with Gasteiger partial charge in [-0.05, 0) is 57.7 Å². The number of ether oxygens (including phenoxy) is 1. The fraction of sp³-hybridized carbons (Fsp3) is 0.625. The molecule has 1 fully saturated rings. The van der Waals surface area contributed by atoms with Gasteiger partial charge in [-0.15, -0.1) is 0 Å². The van der Waals surface area contributed by atoms with E-state index in [1.807, 2.05) is 6.07 Å². The van der Waals surface area contributed by atoms with E-state index in [9.17, 15) is 9.50 Å². The average molecular weight is 281 g/mol. The van der Waals surface area contributed by atoms with Gasteiger partial charge in [0.25, 0.3) is 0 Å². The predicted octanol–water partition coefficient (Wildman–Crippen LogP) is 3.01. The van der Waals surface area contributed by atoms with Gasteiger partial charge >= 0.3 is 0 Å². The van der Waals surface area contributed by atoms with Gasteiger partial charge in [0.1, 0.15) is 17.7 Å². The molecule has 1 aliphatic carbocycles. The van der Waals surface area contributed by atoms with E-state index in [2.05, 4.69) is 26.1 Å². The van der Waals surface area contributed by atoms with E-state index in [1.165, 1.54) is 12.1 Å². The van der Waals surface area contributed by atoms with Gasteiger partial charge in [0.2, 0.25) is 0 Å². The van der Waals surface area contributed by atoms with Crippen molar-refractivity contribution in [2.45, 2.75) is 64.3 Å². The Balaban J connectivity index is 2.04. The molecule has 1 aliphatic rings. The summed E-state index contributed by atoms with van der Waals surface area (Å²) in [4.78, 5) is 0. The topological polar surface area (TPSA) is 41.5 Å². The summed E-state index contributed by atoms with van der Waals surface area (Å²) < 4.78 is 19.4. The summed E-state index contributed by atoms with van der Waals surface area (Å²) >= 11 is 0. The monoisotopic (exact) mass is 281 g/mol. The number of hydrogen-bond donors (Lipinski definition) is 2. The molecule has 0 bridgehead atoms. The minimum atomic E-state index is -0.436. The normalized spacial score (nSPS) is 23.1. The number of nitrogens with one attached hydrogen (secondary N) is 1. The second kappa shape index (κ2) is 6.10. The molecule has 1 saturated carbocycles. The van der Waals surface area contributed by atoms with Crippen molar-refractivity contribution in [3.8, 4) is 5.75 Å². The van der Waals surface area contributed by atoms with Crippen LogP contribution in [0.15, 0.2) is 18.2 Å². The maximum Gasteiger partial charge on any atom is 0.127 e. The van der Waals surface area contributed by atoms with Crippen LogP contribution in [0, 0.1) is 5.82 Å². The zero-order chi connectivity index (χ0) is 14.8. The molecule has 1 aromatic rings. The van der Waals surface area contributed by atoms with E-state index in [0.29, 0.717) is 12.3 Å². The quantitative estimate of drug-likeness (QED) is 0.891. The Morgan fingerprint density at radius 2 is 2.05 bits per heavy atom. The number of hydrogen-bond acceptors (Lipinski definition) is 3. The van der Waals surface area contributed by atoms with Crippen molar-refractivity contribution >= 4 is 0 Å². The summed E-state index contributed by atoms with van der Waals surface area (Å²) in [6.45, 7) is 6.79. The lowest BCUT2D eigenvalue weighted by Gasteiger charge is -2.21. The van der Waals surface area contributed by atoms with Gasteiger partial charge in [-0.1, -0.05) is 0 Å². The van der Waals surface area contributed by atoms with Gasteiger partial charge in [0.05, 0.1) is 6.10 Å². The Morgan fingerprint density at radius 3 is 2.65 bits per heavy atom. The third kappa shape index (κ3) is 4.46. The van der Waals surface area contributed by atoms with Crippen LogP contribution in [0.3, 0.4) is 0 Å². The highest BCUT2D eigenvalue weighted by atomic mass is 19.1. The molecule has 2 N–H and O–H groups in total. The van der Waals surface area contributed by atoms with Crippen molar-refractivity contribution in [3.05, 3.63) is 29.6 Å². The lowest BCUT2D eigenvalue weighted by molar-refractivity contribution is 0.0601. The summed E-state index contributed by atoms with van der Waals surface area (Å²) in [5.74, 6) is 0.197. The third-order valence-corrected chi connectivity index (χ3v) is 3.46. The van der Waals surface area contributed by atoms with Crippen molar-refractivity contribution in [2.75, 3.05) is 0 Å². The van der Waals surface area contributed by atoms with Crippen LogP contribution in [0.4, 0.5) is 4.39 Å². The Kier molecular flexibility index (Phi) is 4.66. The minimum Gasteiger partial charge on any atom is -0.488 e. The summed E-state index contributed by atoms with van der Waals surface area (Å²) in [6.07, 6.45) is 1.90. The number of aliphatic hydroxyl groups excluding tert-OH is 1. The van der Waals surface area contributed by atoms with Gasteiger partial charge in [0, 0.05) is 18.2 Å². The highest BCUT2D eigenvalue weighted by molar-refractivity contribution is 5.30. The van der Waals surface area contributed by atoms with Crippen molar-refractivity contribution < 1.29 is 14.2 Å². The Labute approximate surface area is 120 Å². The Bertz CT molecular complexity index is 456. The van der Waals surface area contributed by atoms with E-state index in [4.69, 9.17) is 4.74 Å². The highest BCUT2D eigenvalue weighted by Crippen LogP contribution is 2.26. The van der Waals surface area contributed by atoms with E-state index in [0.717, 1.165) is 24.8 Å². The average Bonchev–Trinajstić information content (AvgIpc) is 2.71. The van der Waals surface area contributed by atoms with E-state index < -0.39 is 6.10 Å². The van der Waals surface area contributed by atoms with Crippen LogP contribution in [-0.2, 0) is 6.54 Å². The van der Waals surface area contributed by atoms with E-state index in [1.54, 1.807) is 0 Å². The number of rotatable bonds is 4. The van der Waals surface area contributed by atoms with Gasteiger partial charge < -0.3 is 15.2 Å². The van der Waals surface area contributed by atoms with Crippen LogP contribution in [0.25, 0.3) is 0 Å². The van der Waals surface area contributed by atoms with Crippen molar-refractivity contribution in [2.24, 2.45) is 0 Å². The van der Waals surface area contributed by atoms with E-state index in [-0.39, 0.29) is 17.5 Å². The van der Waals surface area contributed by atoms with Gasteiger partial charge in [-0.25, -0.2) is 4.39 Å². The van der Waals surface area contributed by atoms with Crippen LogP contribution in [0.1, 0.15) is 45.6 Å². The lowest BCUT2D eigenvalue weighted by Crippen LogP contribution is -2.35. The zero-order valence-electron chi connectivity index (χ0n) is 12.4. The van der Waals surface area contributed by atoms with Crippen molar-refractivity contribution in [3.63, 3.8) is 0 Å². The van der Waals surface area contributed by atoms with Crippen molar-refractivity contribution in [1.82, 2.24) is 5.32 Å². The molecule has 112 valence electrons. The molecular formula is C16H24FNO2. The van der Waals surface area contributed by atoms with Gasteiger partial charge in [-0.2, -0.15) is 0 Å². The van der Waals surface area contributed by atoms with E-state index >= 15 is 0 Å². The van der Waals surface area contributed by atoms with Crippen molar-refractivity contribution in [1.29, 1.82) is 0 Å². The maximum atomic E-state index is 13.6. The smallest absolute Gasteiger partial charge is 0.127 e. The fourth-order valence-corrected chi connectivity index (χ4v) is 2.38. The number of halogens is 1. The second-order valence-electron chi connectivity index (χ2n) is 6.55. The molecule has 4 heteroatoms. The molecular weight excluding hydrogens is 257 g/mol. The molecule has 2 atom stereocenters. The summed E-state index contributed by atoms with van der Waals surface area (Å²) in [7, 11) is 0. The summed E-state index contributed by atoms with van der Waals surface area (Å²) in [6, 6.07) is 4.73. The van der Waals surface area contributed by atoms with Crippen LogP contribution in [0.5, 0.6) is 5.75 Å². The first kappa shape index (κ1) is 15.3. The molecule has 1 aromatic carbocycles. The van der Waals surface area contributed by atoms with Gasteiger partial charge in [-0.3, -0.25) is 0 Å². The maximum absolute atomic E-state index is 13.6. The summed E-state index contributed by atoms with van der Waals surface area (Å²) in [5, 5.41) is 13.1. The Hall–Kier alpha value is -1.13. The number of aliphatic hydroxyl groups is 1. The fourth-order valence-electron chi connectivity index (χ4n) is 2.38. The first-order chi connectivity index (χ1) is 9.33. The molecule has 20 heavy (non-hydrogen) atoms. The molecule has 0 radical (unpaired) electrons. The minimum absolute atomic E-state index is 0.0189. The number of benzene rings is 1. The predicted molar refractivity (Wildman–Crippen MR) is 77.3 cm³/mol. The molecule has 2 unspecified atom stereocenters. The summed E-state index contributed by atoms with van der Waals surface area (Å²) in [5.41, 5.74) is 0.831. The van der Waals surface area contributed by atoms with Crippen LogP contribution < -0.4 is 10.1 Å². The first-order valence-electron chi connectivity index (χ1n) is 7.23. The van der Waals surface area contributed by atoms with Crippen LogP contribution >= 0.6 is 0 Å². The molecule has 0 spiro atoms. The first-order valence-corrected chi connectivity index (χ1v) is 7.23. The Morgan fingerprint density at radius 1 is 1.30 bits per heavy atom. The molecule has 0 saturated heterocycles. The SMILES string of the molecule is CC(C)(C)NCc1cc(F)cc(OC2CCCC2O)c1. The molecule has 3 nitrogen and oxygen atoms in total. The molecule has 0 heterocycles.